The quantitative estimate of drug-likeness (QED) is 0.369. The van der Waals surface area contributed by atoms with E-state index in [9.17, 15) is 9.90 Å². The molecule has 0 saturated heterocycles. The summed E-state index contributed by atoms with van der Waals surface area (Å²) in [5, 5.41) is 10.6. The lowest BCUT2D eigenvalue weighted by molar-refractivity contribution is -0.147. The first kappa shape index (κ1) is 24.5. The summed E-state index contributed by atoms with van der Waals surface area (Å²) < 4.78 is 5.67. The largest absolute Gasteiger partial charge is 0.512 e. The molecule has 168 valence electrons. The fourth-order valence-electron chi connectivity index (χ4n) is 3.74. The fourth-order valence-corrected chi connectivity index (χ4v) is 3.74. The summed E-state index contributed by atoms with van der Waals surface area (Å²) in [6.45, 7) is 6.35. The molecule has 2 atom stereocenters. The molecule has 0 aromatic heterocycles. The number of benzene rings is 1. The highest BCUT2D eigenvalue weighted by atomic mass is 16.5. The van der Waals surface area contributed by atoms with E-state index in [-0.39, 0.29) is 17.8 Å². The van der Waals surface area contributed by atoms with E-state index in [2.05, 4.69) is 26.0 Å². The average Bonchev–Trinajstić information content (AvgIpc) is 3.04. The highest BCUT2D eigenvalue weighted by Crippen LogP contribution is 2.36. The maximum absolute atomic E-state index is 12.7. The molecule has 4 nitrogen and oxygen atoms in total. The van der Waals surface area contributed by atoms with Crippen LogP contribution in [0.15, 0.2) is 71.6 Å². The molecule has 0 fully saturated rings. The SMILES string of the molecule is CCC(C1=C(O)CC(CCC2=CC=CC=CC2)OC1=O)c1cccc(N)c1.CCCC. The Morgan fingerprint density at radius 2 is 1.94 bits per heavy atom. The number of aliphatic hydroxyl groups is 1. The molecular weight excluding hydrogens is 386 g/mol. The van der Waals surface area contributed by atoms with Crippen molar-refractivity contribution in [3.05, 3.63) is 77.1 Å². The van der Waals surface area contributed by atoms with Gasteiger partial charge in [0.1, 0.15) is 11.9 Å². The van der Waals surface area contributed by atoms with Gasteiger partial charge in [-0.1, -0.05) is 81.7 Å². The molecule has 2 aliphatic rings. The van der Waals surface area contributed by atoms with Gasteiger partial charge in [0.15, 0.2) is 0 Å². The summed E-state index contributed by atoms with van der Waals surface area (Å²) in [5.74, 6) is -0.463. The number of allylic oxidation sites excluding steroid dienone is 6. The fraction of sp³-hybridized carbons (Fsp3) is 0.444. The average molecular weight is 424 g/mol. The van der Waals surface area contributed by atoms with Crippen LogP contribution in [0, 0.1) is 0 Å². The molecule has 1 aliphatic carbocycles. The molecule has 1 aliphatic heterocycles. The first-order valence-corrected chi connectivity index (χ1v) is 11.5. The molecule has 0 saturated carbocycles. The number of cyclic esters (lactones) is 1. The van der Waals surface area contributed by atoms with Crippen LogP contribution >= 0.6 is 0 Å². The molecule has 31 heavy (non-hydrogen) atoms. The Balaban J connectivity index is 0.000000785. The third-order valence-corrected chi connectivity index (χ3v) is 5.65. The number of aliphatic hydroxyl groups excluding tert-OH is 1. The Morgan fingerprint density at radius 3 is 2.58 bits per heavy atom. The van der Waals surface area contributed by atoms with E-state index in [4.69, 9.17) is 10.5 Å². The van der Waals surface area contributed by atoms with Crippen molar-refractivity contribution in [1.29, 1.82) is 0 Å². The van der Waals surface area contributed by atoms with Crippen LogP contribution in [0.1, 0.15) is 77.2 Å². The van der Waals surface area contributed by atoms with Gasteiger partial charge < -0.3 is 15.6 Å². The monoisotopic (exact) mass is 423 g/mol. The molecule has 0 radical (unpaired) electrons. The molecule has 0 bridgehead atoms. The normalized spacial score (nSPS) is 19.1. The predicted octanol–water partition coefficient (Wildman–Crippen LogP) is 6.92. The molecule has 0 amide bonds. The van der Waals surface area contributed by atoms with Gasteiger partial charge in [0.25, 0.3) is 0 Å². The van der Waals surface area contributed by atoms with E-state index in [1.54, 1.807) is 0 Å². The van der Waals surface area contributed by atoms with Crippen LogP contribution in [0.25, 0.3) is 0 Å². The topological polar surface area (TPSA) is 72.5 Å². The van der Waals surface area contributed by atoms with Gasteiger partial charge in [-0.15, -0.1) is 0 Å². The van der Waals surface area contributed by atoms with Crippen molar-refractivity contribution in [2.75, 3.05) is 5.73 Å². The Kier molecular flexibility index (Phi) is 10.2. The summed E-state index contributed by atoms with van der Waals surface area (Å²) in [5.41, 5.74) is 9.13. The number of carbonyl (C=O) groups excluding carboxylic acids is 1. The molecule has 1 aromatic rings. The number of anilines is 1. The first-order chi connectivity index (χ1) is 15.0. The maximum Gasteiger partial charge on any atom is 0.338 e. The zero-order chi connectivity index (χ0) is 22.6. The van der Waals surface area contributed by atoms with Crippen LogP contribution in [0.2, 0.25) is 0 Å². The smallest absolute Gasteiger partial charge is 0.338 e. The number of hydrogen-bond acceptors (Lipinski definition) is 4. The molecule has 3 rings (SSSR count). The van der Waals surface area contributed by atoms with Crippen LogP contribution in [-0.2, 0) is 9.53 Å². The summed E-state index contributed by atoms with van der Waals surface area (Å²) in [6.07, 6.45) is 16.2. The van der Waals surface area contributed by atoms with Gasteiger partial charge >= 0.3 is 5.97 Å². The van der Waals surface area contributed by atoms with Crippen LogP contribution in [0.3, 0.4) is 0 Å². The molecular formula is C27H37NO3. The predicted molar refractivity (Wildman–Crippen MR) is 129 cm³/mol. The van der Waals surface area contributed by atoms with Crippen LogP contribution in [-0.4, -0.2) is 17.2 Å². The van der Waals surface area contributed by atoms with Crippen molar-refractivity contribution < 1.29 is 14.6 Å². The number of rotatable bonds is 7. The zero-order valence-corrected chi connectivity index (χ0v) is 19.1. The zero-order valence-electron chi connectivity index (χ0n) is 19.1. The summed E-state index contributed by atoms with van der Waals surface area (Å²) in [7, 11) is 0. The van der Waals surface area contributed by atoms with Gasteiger partial charge in [-0.05, 0) is 43.4 Å². The highest BCUT2D eigenvalue weighted by molar-refractivity contribution is 5.91. The molecule has 1 heterocycles. The molecule has 3 N–H and O–H groups in total. The summed E-state index contributed by atoms with van der Waals surface area (Å²) in [4.78, 5) is 12.7. The van der Waals surface area contributed by atoms with Crippen molar-refractivity contribution in [2.24, 2.45) is 0 Å². The second kappa shape index (κ2) is 12.8. The molecule has 4 heteroatoms. The summed E-state index contributed by atoms with van der Waals surface area (Å²) >= 11 is 0. The van der Waals surface area contributed by atoms with Crippen LogP contribution in [0.4, 0.5) is 5.69 Å². The molecule has 0 spiro atoms. The van der Waals surface area contributed by atoms with Crippen molar-refractivity contribution in [3.63, 3.8) is 0 Å². The van der Waals surface area contributed by atoms with Gasteiger partial charge in [0.2, 0.25) is 0 Å². The van der Waals surface area contributed by atoms with Gasteiger partial charge in [0.05, 0.1) is 5.57 Å². The van der Waals surface area contributed by atoms with Crippen molar-refractivity contribution in [1.82, 2.24) is 0 Å². The maximum atomic E-state index is 12.7. The van der Waals surface area contributed by atoms with Gasteiger partial charge in [-0.25, -0.2) is 4.79 Å². The Bertz CT molecular complexity index is 846. The number of unbranched alkanes of at least 4 members (excludes halogenated alkanes) is 1. The van der Waals surface area contributed by atoms with Gasteiger partial charge in [-0.3, -0.25) is 0 Å². The van der Waals surface area contributed by atoms with E-state index in [1.165, 1.54) is 18.4 Å². The van der Waals surface area contributed by atoms with E-state index in [1.807, 2.05) is 49.4 Å². The van der Waals surface area contributed by atoms with Gasteiger partial charge in [-0.2, -0.15) is 0 Å². The highest BCUT2D eigenvalue weighted by Gasteiger charge is 2.34. The first-order valence-electron chi connectivity index (χ1n) is 11.5. The molecule has 2 unspecified atom stereocenters. The lowest BCUT2D eigenvalue weighted by Gasteiger charge is -2.28. The standard InChI is InChI=1S/C23H27NO3.C4H10/c1-2-20(17-10-7-11-18(24)14-17)22-21(25)15-19(27-23(22)26)13-12-16-8-5-3-4-6-9-16;1-3-4-2/h3-8,10-11,14,19-20,25H,2,9,12-13,15,24H2,1H3;3-4H2,1-2H3. The third-order valence-electron chi connectivity index (χ3n) is 5.65. The Hall–Kier alpha value is -2.75. The number of hydrogen-bond donors (Lipinski definition) is 2. The number of esters is 1. The second-order valence-electron chi connectivity index (χ2n) is 8.10. The third kappa shape index (κ3) is 7.46. The van der Waals surface area contributed by atoms with Crippen molar-refractivity contribution >= 4 is 11.7 Å². The van der Waals surface area contributed by atoms with Crippen LogP contribution in [0.5, 0.6) is 0 Å². The minimum absolute atomic E-state index is 0.153. The van der Waals surface area contributed by atoms with E-state index in [0.717, 1.165) is 18.4 Å². The van der Waals surface area contributed by atoms with Crippen LogP contribution < -0.4 is 5.73 Å². The molecule has 1 aromatic carbocycles. The Morgan fingerprint density at radius 1 is 1.16 bits per heavy atom. The number of nitrogens with two attached hydrogens (primary N) is 1. The lowest BCUT2D eigenvalue weighted by atomic mass is 9.85. The Labute approximate surface area is 187 Å². The summed E-state index contributed by atoms with van der Waals surface area (Å²) in [6, 6.07) is 7.47. The number of nitrogen functional groups attached to an aromatic ring is 1. The minimum atomic E-state index is -0.410. The van der Waals surface area contributed by atoms with Crippen molar-refractivity contribution in [3.8, 4) is 0 Å². The number of carbonyl (C=O) groups is 1. The van der Waals surface area contributed by atoms with Crippen molar-refractivity contribution in [2.45, 2.75) is 77.7 Å². The lowest BCUT2D eigenvalue weighted by Crippen LogP contribution is -2.29. The minimum Gasteiger partial charge on any atom is -0.512 e. The van der Waals surface area contributed by atoms with E-state index < -0.39 is 5.97 Å². The van der Waals surface area contributed by atoms with Gasteiger partial charge in [0, 0.05) is 18.0 Å². The second-order valence-corrected chi connectivity index (χ2v) is 8.10. The number of ether oxygens (including phenoxy) is 1. The van der Waals surface area contributed by atoms with E-state index in [0.29, 0.717) is 30.5 Å². The van der Waals surface area contributed by atoms with E-state index >= 15 is 0 Å².